The fraction of sp³-hybridized carbons (Fsp3) is 0.267. The Morgan fingerprint density at radius 2 is 1.92 bits per heavy atom. The first-order chi connectivity index (χ1) is 12.2. The molecule has 2 amide bonds. The molecular weight excluding hydrogens is 348 g/mol. The van der Waals surface area contributed by atoms with Crippen molar-refractivity contribution < 1.29 is 34.1 Å². The van der Waals surface area contributed by atoms with Crippen molar-refractivity contribution in [1.29, 1.82) is 5.41 Å². The van der Waals surface area contributed by atoms with Crippen LogP contribution in [0.1, 0.15) is 12.0 Å². The maximum atomic E-state index is 12.1. The molecule has 1 aliphatic heterocycles. The zero-order valence-corrected chi connectivity index (χ0v) is 13.3. The Labute approximate surface area is 146 Å². The average molecular weight is 364 g/mol. The first-order valence-corrected chi connectivity index (χ1v) is 7.36. The number of nitrogens with two attached hydrogens (primary N) is 1. The van der Waals surface area contributed by atoms with Crippen LogP contribution in [-0.4, -0.2) is 58.7 Å². The van der Waals surface area contributed by atoms with Crippen LogP contribution in [0.3, 0.4) is 0 Å². The number of benzene rings is 1. The van der Waals surface area contributed by atoms with Gasteiger partial charge in [-0.05, 0) is 24.3 Å². The number of carboxylic acids is 2. The van der Waals surface area contributed by atoms with Crippen LogP contribution in [0, 0.1) is 5.41 Å². The molecule has 26 heavy (non-hydrogen) atoms. The van der Waals surface area contributed by atoms with E-state index in [2.05, 4.69) is 0 Å². The van der Waals surface area contributed by atoms with Crippen molar-refractivity contribution in [2.45, 2.75) is 18.6 Å². The number of hydrogen-bond donors (Lipinski definition) is 5. The molecular formula is C15H16N4O7. The molecule has 1 aromatic rings. The van der Waals surface area contributed by atoms with Gasteiger partial charge in [0.2, 0.25) is 0 Å². The highest BCUT2D eigenvalue weighted by Crippen LogP contribution is 2.22. The van der Waals surface area contributed by atoms with Crippen molar-refractivity contribution in [2.24, 2.45) is 5.73 Å². The van der Waals surface area contributed by atoms with E-state index in [0.717, 1.165) is 4.90 Å². The molecule has 1 aromatic carbocycles. The lowest BCUT2D eigenvalue weighted by atomic mass is 10.1. The number of hydrogen-bond acceptors (Lipinski definition) is 6. The Morgan fingerprint density at radius 3 is 2.42 bits per heavy atom. The predicted molar refractivity (Wildman–Crippen MR) is 86.9 cm³/mol. The molecule has 0 radical (unpaired) electrons. The molecule has 0 spiro atoms. The minimum Gasteiger partial charge on any atom is -0.481 e. The number of nitrogen functional groups attached to an aromatic ring is 1. The van der Waals surface area contributed by atoms with E-state index in [0.29, 0.717) is 11.3 Å². The van der Waals surface area contributed by atoms with Gasteiger partial charge in [0, 0.05) is 11.3 Å². The first kappa shape index (κ1) is 18.7. The highest BCUT2D eigenvalue weighted by molar-refractivity contribution is 5.98. The van der Waals surface area contributed by atoms with Gasteiger partial charge < -0.3 is 26.0 Å². The van der Waals surface area contributed by atoms with E-state index >= 15 is 0 Å². The number of carbonyl (C=O) groups excluding carboxylic acids is 2. The summed E-state index contributed by atoms with van der Waals surface area (Å²) >= 11 is 0. The number of ether oxygens (including phenoxy) is 1. The van der Waals surface area contributed by atoms with E-state index in [4.69, 9.17) is 26.1 Å². The number of aliphatic carboxylic acids is 2. The van der Waals surface area contributed by atoms with E-state index in [1.165, 1.54) is 24.3 Å². The van der Waals surface area contributed by atoms with Gasteiger partial charge in [-0.1, -0.05) is 0 Å². The summed E-state index contributed by atoms with van der Waals surface area (Å²) in [4.78, 5) is 46.8. The summed E-state index contributed by atoms with van der Waals surface area (Å²) in [6, 6.07) is 4.44. The summed E-state index contributed by atoms with van der Waals surface area (Å²) < 4.78 is 4.92. The van der Waals surface area contributed by atoms with E-state index in [-0.39, 0.29) is 12.4 Å². The number of nitrogens with zero attached hydrogens (tertiary/aromatic N) is 1. The normalized spacial score (nSPS) is 17.3. The number of anilines is 1. The van der Waals surface area contributed by atoms with Crippen molar-refractivity contribution in [2.75, 3.05) is 11.4 Å². The molecule has 1 unspecified atom stereocenters. The molecule has 1 fully saturated rings. The number of amidine groups is 1. The van der Waals surface area contributed by atoms with Crippen LogP contribution in [0.5, 0.6) is 0 Å². The van der Waals surface area contributed by atoms with Gasteiger partial charge in [0.15, 0.2) is 6.10 Å². The van der Waals surface area contributed by atoms with Gasteiger partial charge in [-0.2, -0.15) is 0 Å². The predicted octanol–water partition coefficient (Wildman–Crippen LogP) is -0.660. The second kappa shape index (κ2) is 7.51. The van der Waals surface area contributed by atoms with Gasteiger partial charge in [-0.15, -0.1) is 0 Å². The van der Waals surface area contributed by atoms with Gasteiger partial charge in [0.05, 0.1) is 13.0 Å². The standard InChI is InChI=1S/C15H16N4O7/c16-12(17)7-1-3-8(4-2-7)19-6-10(26-15(19)25)13(22)18-9(14(23)24)5-11(20)21/h1-4,9-10H,5-6H2,(H3,16,17)(H,18,22)(H,20,21)(H,23,24)/t9-,10?/m1/s1. The summed E-state index contributed by atoms with van der Waals surface area (Å²) in [5.41, 5.74) is 6.20. The van der Waals surface area contributed by atoms with Crippen LogP contribution in [0.2, 0.25) is 0 Å². The molecule has 0 aromatic heterocycles. The monoisotopic (exact) mass is 364 g/mol. The molecule has 2 atom stereocenters. The molecule has 138 valence electrons. The van der Waals surface area contributed by atoms with Crippen molar-refractivity contribution in [3.63, 3.8) is 0 Å². The van der Waals surface area contributed by atoms with Crippen LogP contribution < -0.4 is 16.0 Å². The van der Waals surface area contributed by atoms with Crippen LogP contribution in [0.25, 0.3) is 0 Å². The molecule has 1 saturated heterocycles. The molecule has 6 N–H and O–H groups in total. The topological polar surface area (TPSA) is 183 Å². The molecule has 11 heteroatoms. The largest absolute Gasteiger partial charge is 0.481 e. The Morgan fingerprint density at radius 1 is 1.31 bits per heavy atom. The number of cyclic esters (lactones) is 1. The van der Waals surface area contributed by atoms with E-state index in [9.17, 15) is 19.2 Å². The van der Waals surface area contributed by atoms with E-state index in [1.54, 1.807) is 0 Å². The molecule has 0 bridgehead atoms. The Balaban J connectivity index is 2.06. The fourth-order valence-corrected chi connectivity index (χ4v) is 2.27. The molecule has 2 rings (SSSR count). The summed E-state index contributed by atoms with van der Waals surface area (Å²) in [6.07, 6.45) is -2.91. The summed E-state index contributed by atoms with van der Waals surface area (Å²) in [6.45, 7) is -0.177. The van der Waals surface area contributed by atoms with Gasteiger partial charge >= 0.3 is 18.0 Å². The molecule has 0 aliphatic carbocycles. The van der Waals surface area contributed by atoms with Crippen LogP contribution in [-0.2, 0) is 19.1 Å². The van der Waals surface area contributed by atoms with Crippen molar-refractivity contribution >= 4 is 35.5 Å². The van der Waals surface area contributed by atoms with Gasteiger partial charge in [0.25, 0.3) is 5.91 Å². The van der Waals surface area contributed by atoms with Crippen LogP contribution in [0.4, 0.5) is 10.5 Å². The Bertz CT molecular complexity index is 762. The van der Waals surface area contributed by atoms with Crippen molar-refractivity contribution in [3.8, 4) is 0 Å². The molecule has 0 saturated carbocycles. The number of amides is 2. The third-order valence-corrected chi connectivity index (χ3v) is 3.59. The van der Waals surface area contributed by atoms with E-state index in [1.807, 2.05) is 5.32 Å². The highest BCUT2D eigenvalue weighted by atomic mass is 16.6. The lowest BCUT2D eigenvalue weighted by Gasteiger charge is -2.15. The van der Waals surface area contributed by atoms with E-state index < -0.39 is 42.5 Å². The van der Waals surface area contributed by atoms with Crippen molar-refractivity contribution in [3.05, 3.63) is 29.8 Å². The van der Waals surface area contributed by atoms with Gasteiger partial charge in [-0.3, -0.25) is 19.9 Å². The third kappa shape index (κ3) is 4.26. The minimum absolute atomic E-state index is 0.143. The summed E-state index contributed by atoms with van der Waals surface area (Å²) in [5.74, 6) is -3.96. The molecule has 11 nitrogen and oxygen atoms in total. The smallest absolute Gasteiger partial charge is 0.415 e. The van der Waals surface area contributed by atoms with Crippen LogP contribution in [0.15, 0.2) is 24.3 Å². The zero-order valence-electron chi connectivity index (χ0n) is 13.3. The highest BCUT2D eigenvalue weighted by Gasteiger charge is 2.38. The second-order valence-electron chi connectivity index (χ2n) is 5.44. The maximum absolute atomic E-state index is 12.1. The maximum Gasteiger partial charge on any atom is 0.415 e. The number of carboxylic acid groups (broad SMARTS) is 2. The number of carbonyl (C=O) groups is 4. The zero-order chi connectivity index (χ0) is 19.4. The van der Waals surface area contributed by atoms with Crippen LogP contribution >= 0.6 is 0 Å². The fourth-order valence-electron chi connectivity index (χ4n) is 2.27. The third-order valence-electron chi connectivity index (χ3n) is 3.59. The number of rotatable bonds is 7. The quantitative estimate of drug-likeness (QED) is 0.312. The Kier molecular flexibility index (Phi) is 5.40. The summed E-state index contributed by atoms with van der Waals surface area (Å²) in [7, 11) is 0. The minimum atomic E-state index is -1.64. The molecule has 1 aliphatic rings. The number of nitrogens with one attached hydrogen (secondary N) is 2. The second-order valence-corrected chi connectivity index (χ2v) is 5.44. The lowest BCUT2D eigenvalue weighted by Crippen LogP contribution is -2.47. The molecule has 1 heterocycles. The lowest BCUT2D eigenvalue weighted by molar-refractivity contribution is -0.148. The average Bonchev–Trinajstić information content (AvgIpc) is 2.95. The van der Waals surface area contributed by atoms with Gasteiger partial charge in [-0.25, -0.2) is 9.59 Å². The Hall–Kier alpha value is -3.63. The first-order valence-electron chi connectivity index (χ1n) is 7.36. The summed E-state index contributed by atoms with van der Waals surface area (Å²) in [5, 5.41) is 27.0. The van der Waals surface area contributed by atoms with Gasteiger partial charge in [0.1, 0.15) is 11.9 Å². The van der Waals surface area contributed by atoms with Crippen molar-refractivity contribution in [1.82, 2.24) is 5.32 Å². The SMILES string of the molecule is N=C(N)c1ccc(N2CC(C(=O)N[C@H](CC(=O)O)C(=O)O)OC2=O)cc1.